The Labute approximate surface area is 71.0 Å². The van der Waals surface area contributed by atoms with Crippen LogP contribution in [0.4, 0.5) is 0 Å². The molecule has 0 aromatic carbocycles. The molecule has 2 nitrogen and oxygen atoms in total. The van der Waals surface area contributed by atoms with Gasteiger partial charge in [-0.15, -0.1) is 0 Å². The molecule has 0 bridgehead atoms. The molecule has 0 N–H and O–H groups in total. The van der Waals surface area contributed by atoms with Crippen molar-refractivity contribution in [3.8, 4) is 0 Å². The van der Waals surface area contributed by atoms with Crippen molar-refractivity contribution in [3.63, 3.8) is 0 Å². The van der Waals surface area contributed by atoms with Crippen LogP contribution >= 0.6 is 15.9 Å². The molecule has 0 amide bonds. The quantitative estimate of drug-likeness (QED) is 0.513. The molecule has 10 heavy (non-hydrogen) atoms. The lowest BCUT2D eigenvalue weighted by molar-refractivity contribution is -0.160. The van der Waals surface area contributed by atoms with Gasteiger partial charge in [-0.05, 0) is 29.8 Å². The maximum Gasteiger partial charge on any atom is 0.226 e. The first kappa shape index (κ1) is 10.4. The van der Waals surface area contributed by atoms with Crippen molar-refractivity contribution < 1.29 is 9.47 Å². The number of hydrogen-bond donors (Lipinski definition) is 0. The van der Waals surface area contributed by atoms with Gasteiger partial charge in [0.25, 0.3) is 0 Å². The third-order valence-corrected chi connectivity index (χ3v) is 2.16. The van der Waals surface area contributed by atoms with Crippen LogP contribution in [0.5, 0.6) is 0 Å². The third kappa shape index (κ3) is 3.54. The molecule has 0 atom stereocenters. The number of hydrogen-bond acceptors (Lipinski definition) is 2. The zero-order valence-corrected chi connectivity index (χ0v) is 8.40. The lowest BCUT2D eigenvalue weighted by Crippen LogP contribution is -2.27. The van der Waals surface area contributed by atoms with E-state index in [1.807, 2.05) is 20.8 Å². The standard InChI is InChI=1S/C7H15BrO2/c1-4-7(8,9-5-2)10-6-3/h4-6H2,1-3H3. The van der Waals surface area contributed by atoms with Crippen molar-refractivity contribution >= 4 is 15.9 Å². The van der Waals surface area contributed by atoms with Crippen molar-refractivity contribution in [1.82, 2.24) is 0 Å². The van der Waals surface area contributed by atoms with Gasteiger partial charge in [0, 0.05) is 19.6 Å². The highest BCUT2D eigenvalue weighted by Crippen LogP contribution is 2.24. The minimum Gasteiger partial charge on any atom is -0.341 e. The van der Waals surface area contributed by atoms with E-state index in [1.54, 1.807) is 0 Å². The Balaban J connectivity index is 3.69. The van der Waals surface area contributed by atoms with E-state index < -0.39 is 4.70 Å². The minimum atomic E-state index is -0.545. The molecule has 0 aliphatic carbocycles. The Morgan fingerprint density at radius 2 is 1.50 bits per heavy atom. The van der Waals surface area contributed by atoms with E-state index in [-0.39, 0.29) is 0 Å². The van der Waals surface area contributed by atoms with E-state index in [0.717, 1.165) is 6.42 Å². The van der Waals surface area contributed by atoms with Crippen molar-refractivity contribution in [2.24, 2.45) is 0 Å². The zero-order valence-electron chi connectivity index (χ0n) is 6.82. The van der Waals surface area contributed by atoms with Crippen LogP contribution < -0.4 is 0 Å². The molecule has 0 spiro atoms. The molecule has 0 unspecified atom stereocenters. The number of ether oxygens (including phenoxy) is 2. The molecule has 0 aromatic heterocycles. The van der Waals surface area contributed by atoms with Crippen LogP contribution in [0.3, 0.4) is 0 Å². The van der Waals surface area contributed by atoms with Gasteiger partial charge in [-0.3, -0.25) is 0 Å². The van der Waals surface area contributed by atoms with Gasteiger partial charge >= 0.3 is 0 Å². The molecular weight excluding hydrogens is 196 g/mol. The van der Waals surface area contributed by atoms with E-state index in [2.05, 4.69) is 15.9 Å². The monoisotopic (exact) mass is 210 g/mol. The lowest BCUT2D eigenvalue weighted by atomic mass is 10.5. The molecule has 0 saturated heterocycles. The summed E-state index contributed by atoms with van der Waals surface area (Å²) < 4.78 is 10.1. The van der Waals surface area contributed by atoms with Crippen LogP contribution in [0, 0.1) is 0 Å². The molecular formula is C7H15BrO2. The maximum absolute atomic E-state index is 5.31. The molecule has 62 valence electrons. The predicted molar refractivity (Wildman–Crippen MR) is 45.2 cm³/mol. The largest absolute Gasteiger partial charge is 0.341 e. The van der Waals surface area contributed by atoms with Crippen molar-refractivity contribution in [3.05, 3.63) is 0 Å². The van der Waals surface area contributed by atoms with Gasteiger partial charge in [-0.25, -0.2) is 0 Å². The first-order valence-corrected chi connectivity index (χ1v) is 4.44. The van der Waals surface area contributed by atoms with Crippen LogP contribution in [0.2, 0.25) is 0 Å². The highest BCUT2D eigenvalue weighted by molar-refractivity contribution is 9.10. The molecule has 0 aromatic rings. The summed E-state index contributed by atoms with van der Waals surface area (Å²) in [6, 6.07) is 0. The summed E-state index contributed by atoms with van der Waals surface area (Å²) in [6.07, 6.45) is 0.814. The van der Waals surface area contributed by atoms with E-state index >= 15 is 0 Å². The van der Waals surface area contributed by atoms with Crippen molar-refractivity contribution in [1.29, 1.82) is 0 Å². The highest BCUT2D eigenvalue weighted by Gasteiger charge is 2.24. The summed E-state index contributed by atoms with van der Waals surface area (Å²) in [6.45, 7) is 7.24. The van der Waals surface area contributed by atoms with Gasteiger partial charge in [0.2, 0.25) is 4.70 Å². The Kier molecular flexibility index (Phi) is 5.31. The van der Waals surface area contributed by atoms with Crippen LogP contribution in [0.25, 0.3) is 0 Å². The smallest absolute Gasteiger partial charge is 0.226 e. The Bertz CT molecular complexity index is 79.7. The fourth-order valence-electron chi connectivity index (χ4n) is 0.677. The van der Waals surface area contributed by atoms with Gasteiger partial charge in [-0.1, -0.05) is 6.92 Å². The second-order valence-electron chi connectivity index (χ2n) is 1.88. The van der Waals surface area contributed by atoms with Crippen molar-refractivity contribution in [2.75, 3.05) is 13.2 Å². The van der Waals surface area contributed by atoms with Crippen molar-refractivity contribution in [2.45, 2.75) is 31.9 Å². The zero-order chi connectivity index (χ0) is 8.04. The SMILES string of the molecule is CCOC(Br)(CC)OCC. The summed E-state index contributed by atoms with van der Waals surface area (Å²) in [5.74, 6) is 0. The molecule has 0 aliphatic heterocycles. The summed E-state index contributed by atoms with van der Waals surface area (Å²) in [4.78, 5) is 0. The van der Waals surface area contributed by atoms with Gasteiger partial charge in [0.1, 0.15) is 0 Å². The maximum atomic E-state index is 5.31. The fraction of sp³-hybridized carbons (Fsp3) is 1.00. The van der Waals surface area contributed by atoms with E-state index in [9.17, 15) is 0 Å². The van der Waals surface area contributed by atoms with Gasteiger partial charge < -0.3 is 9.47 Å². The Morgan fingerprint density at radius 3 is 1.70 bits per heavy atom. The molecule has 0 heterocycles. The van der Waals surface area contributed by atoms with Gasteiger partial charge in [0.15, 0.2) is 0 Å². The summed E-state index contributed by atoms with van der Waals surface area (Å²) in [5, 5.41) is 0. The number of halogens is 1. The van der Waals surface area contributed by atoms with Gasteiger partial charge in [-0.2, -0.15) is 0 Å². The van der Waals surface area contributed by atoms with E-state index in [4.69, 9.17) is 9.47 Å². The molecule has 0 rings (SSSR count). The minimum absolute atomic E-state index is 0.545. The van der Waals surface area contributed by atoms with Crippen LogP contribution in [0.1, 0.15) is 27.2 Å². The summed E-state index contributed by atoms with van der Waals surface area (Å²) in [5.41, 5.74) is 0. The Hall–Kier alpha value is 0.400. The van der Waals surface area contributed by atoms with Crippen LogP contribution in [-0.4, -0.2) is 17.9 Å². The lowest BCUT2D eigenvalue weighted by Gasteiger charge is -2.25. The highest BCUT2D eigenvalue weighted by atomic mass is 79.9. The first-order valence-electron chi connectivity index (χ1n) is 3.65. The third-order valence-electron chi connectivity index (χ3n) is 1.14. The molecule has 0 aliphatic rings. The average Bonchev–Trinajstić information content (AvgIpc) is 1.89. The topological polar surface area (TPSA) is 18.5 Å². The van der Waals surface area contributed by atoms with Gasteiger partial charge in [0.05, 0.1) is 0 Å². The first-order chi connectivity index (χ1) is 4.68. The van der Waals surface area contributed by atoms with E-state index in [1.165, 1.54) is 0 Å². The molecule has 3 heteroatoms. The summed E-state index contributed by atoms with van der Waals surface area (Å²) in [7, 11) is 0. The number of alkyl halides is 1. The fourth-order valence-corrected chi connectivity index (χ4v) is 1.13. The normalized spacial score (nSPS) is 12.0. The number of rotatable bonds is 5. The molecule has 0 radical (unpaired) electrons. The predicted octanol–water partition coefficient (Wildman–Crippen LogP) is 2.52. The van der Waals surface area contributed by atoms with Crippen LogP contribution in [0.15, 0.2) is 0 Å². The summed E-state index contributed by atoms with van der Waals surface area (Å²) >= 11 is 3.36. The van der Waals surface area contributed by atoms with E-state index in [0.29, 0.717) is 13.2 Å². The molecule has 0 saturated carbocycles. The second-order valence-corrected chi connectivity index (χ2v) is 3.09. The average molecular weight is 211 g/mol. The second kappa shape index (κ2) is 5.10. The molecule has 0 fully saturated rings. The van der Waals surface area contributed by atoms with Crippen LogP contribution in [-0.2, 0) is 9.47 Å². The Morgan fingerprint density at radius 1 is 1.10 bits per heavy atom.